The van der Waals surface area contributed by atoms with E-state index >= 15 is 0 Å². The number of hydrogen-bond donors (Lipinski definition) is 0. The standard InChI is InChI=1S/C16H17ClOS/c1-3-5-11-6-7-13(17)9-15(11)16(18)12-8-14(4-2)19-10-12/h6-10H,3-5H2,1-2H3. The third-order valence-electron chi connectivity index (χ3n) is 3.10. The van der Waals surface area contributed by atoms with Crippen molar-refractivity contribution in [3.05, 3.63) is 56.2 Å². The van der Waals surface area contributed by atoms with Gasteiger partial charge in [-0.2, -0.15) is 0 Å². The third kappa shape index (κ3) is 3.26. The molecule has 0 aliphatic rings. The van der Waals surface area contributed by atoms with Crippen molar-refractivity contribution in [3.8, 4) is 0 Å². The van der Waals surface area contributed by atoms with Gasteiger partial charge in [-0.25, -0.2) is 0 Å². The van der Waals surface area contributed by atoms with Crippen LogP contribution < -0.4 is 0 Å². The molecule has 0 spiro atoms. The van der Waals surface area contributed by atoms with Crippen LogP contribution in [0, 0.1) is 0 Å². The molecule has 0 radical (unpaired) electrons. The molecule has 0 bridgehead atoms. The molecule has 0 aliphatic carbocycles. The lowest BCUT2D eigenvalue weighted by Gasteiger charge is -2.07. The minimum absolute atomic E-state index is 0.0851. The van der Waals surface area contributed by atoms with Crippen molar-refractivity contribution in [2.75, 3.05) is 0 Å². The molecular formula is C16H17ClOS. The summed E-state index contributed by atoms with van der Waals surface area (Å²) in [5, 5.41) is 2.56. The van der Waals surface area contributed by atoms with E-state index in [1.165, 1.54) is 4.88 Å². The zero-order valence-electron chi connectivity index (χ0n) is 11.2. The Bertz CT molecular complexity index is 586. The molecule has 2 aromatic rings. The van der Waals surface area contributed by atoms with E-state index in [2.05, 4.69) is 13.8 Å². The Morgan fingerprint density at radius 1 is 1.26 bits per heavy atom. The zero-order valence-corrected chi connectivity index (χ0v) is 12.8. The predicted octanol–water partition coefficient (Wildman–Crippen LogP) is 5.15. The smallest absolute Gasteiger partial charge is 0.194 e. The number of carbonyl (C=O) groups is 1. The molecule has 0 saturated heterocycles. The van der Waals surface area contributed by atoms with Gasteiger partial charge in [-0.3, -0.25) is 4.79 Å². The Morgan fingerprint density at radius 2 is 2.05 bits per heavy atom. The fraction of sp³-hybridized carbons (Fsp3) is 0.312. The Labute approximate surface area is 123 Å². The molecule has 3 heteroatoms. The van der Waals surface area contributed by atoms with Crippen molar-refractivity contribution in [1.82, 2.24) is 0 Å². The summed E-state index contributed by atoms with van der Waals surface area (Å²) in [4.78, 5) is 13.8. The first kappa shape index (κ1) is 14.3. The molecule has 1 heterocycles. The van der Waals surface area contributed by atoms with Crippen LogP contribution in [0.15, 0.2) is 29.6 Å². The fourth-order valence-electron chi connectivity index (χ4n) is 2.09. The van der Waals surface area contributed by atoms with E-state index < -0.39 is 0 Å². The molecule has 0 N–H and O–H groups in total. The fourth-order valence-corrected chi connectivity index (χ4v) is 3.08. The lowest BCUT2D eigenvalue weighted by molar-refractivity contribution is 0.103. The molecule has 19 heavy (non-hydrogen) atoms. The highest BCUT2D eigenvalue weighted by atomic mass is 35.5. The Kier molecular flexibility index (Phi) is 4.78. The quantitative estimate of drug-likeness (QED) is 0.697. The minimum Gasteiger partial charge on any atom is -0.289 e. The van der Waals surface area contributed by atoms with Gasteiger partial charge in [0.2, 0.25) is 0 Å². The van der Waals surface area contributed by atoms with Crippen molar-refractivity contribution in [2.45, 2.75) is 33.1 Å². The van der Waals surface area contributed by atoms with E-state index in [4.69, 9.17) is 11.6 Å². The first-order chi connectivity index (χ1) is 9.15. The second-order valence-electron chi connectivity index (χ2n) is 4.54. The molecule has 1 nitrogen and oxygen atoms in total. The van der Waals surface area contributed by atoms with Gasteiger partial charge in [-0.1, -0.05) is 37.9 Å². The maximum atomic E-state index is 12.6. The summed E-state index contributed by atoms with van der Waals surface area (Å²) in [6.07, 6.45) is 2.89. The number of ketones is 1. The summed E-state index contributed by atoms with van der Waals surface area (Å²) >= 11 is 7.67. The summed E-state index contributed by atoms with van der Waals surface area (Å²) in [7, 11) is 0. The first-order valence-electron chi connectivity index (χ1n) is 6.56. The average molecular weight is 293 g/mol. The number of thiophene rings is 1. The topological polar surface area (TPSA) is 17.1 Å². The van der Waals surface area contributed by atoms with Crippen LogP contribution in [0.25, 0.3) is 0 Å². The van der Waals surface area contributed by atoms with Gasteiger partial charge in [0.15, 0.2) is 5.78 Å². The molecule has 100 valence electrons. The summed E-state index contributed by atoms with van der Waals surface area (Å²) < 4.78 is 0. The minimum atomic E-state index is 0.0851. The number of halogens is 1. The van der Waals surface area contributed by atoms with Crippen molar-refractivity contribution in [2.24, 2.45) is 0 Å². The van der Waals surface area contributed by atoms with Crippen molar-refractivity contribution in [3.63, 3.8) is 0 Å². The summed E-state index contributed by atoms with van der Waals surface area (Å²) in [6.45, 7) is 4.21. The summed E-state index contributed by atoms with van der Waals surface area (Å²) in [6, 6.07) is 7.60. The van der Waals surface area contributed by atoms with Gasteiger partial charge < -0.3 is 0 Å². The van der Waals surface area contributed by atoms with Crippen molar-refractivity contribution < 1.29 is 4.79 Å². The lowest BCUT2D eigenvalue weighted by atomic mass is 9.97. The van der Waals surface area contributed by atoms with Crippen molar-refractivity contribution in [1.29, 1.82) is 0 Å². The Hall–Kier alpha value is -1.12. The van der Waals surface area contributed by atoms with Crippen LogP contribution >= 0.6 is 22.9 Å². The number of aryl methyl sites for hydroxylation is 2. The molecule has 0 aliphatic heterocycles. The predicted molar refractivity (Wildman–Crippen MR) is 82.6 cm³/mol. The average Bonchev–Trinajstić information content (AvgIpc) is 2.89. The highest BCUT2D eigenvalue weighted by molar-refractivity contribution is 7.10. The molecule has 0 atom stereocenters. The van der Waals surface area contributed by atoms with E-state index in [0.29, 0.717) is 5.02 Å². The van der Waals surface area contributed by atoms with Crippen LogP contribution in [0.3, 0.4) is 0 Å². The zero-order chi connectivity index (χ0) is 13.8. The number of carbonyl (C=O) groups excluding carboxylic acids is 1. The van der Waals surface area contributed by atoms with Crippen molar-refractivity contribution >= 4 is 28.7 Å². The van der Waals surface area contributed by atoms with Gasteiger partial charge in [0, 0.05) is 26.4 Å². The molecule has 0 fully saturated rings. The van der Waals surface area contributed by atoms with Gasteiger partial charge in [0.05, 0.1) is 0 Å². The van der Waals surface area contributed by atoms with Crippen LogP contribution in [0.5, 0.6) is 0 Å². The van der Waals surface area contributed by atoms with E-state index in [1.807, 2.05) is 23.6 Å². The van der Waals surface area contributed by atoms with Gasteiger partial charge in [0.1, 0.15) is 0 Å². The molecule has 0 amide bonds. The molecular weight excluding hydrogens is 276 g/mol. The molecule has 0 unspecified atom stereocenters. The number of rotatable bonds is 5. The normalized spacial score (nSPS) is 10.7. The maximum absolute atomic E-state index is 12.6. The molecule has 1 aromatic heterocycles. The largest absolute Gasteiger partial charge is 0.289 e. The van der Waals surface area contributed by atoms with Crippen LogP contribution in [0.4, 0.5) is 0 Å². The van der Waals surface area contributed by atoms with E-state index in [-0.39, 0.29) is 5.78 Å². The summed E-state index contributed by atoms with van der Waals surface area (Å²) in [5.74, 6) is 0.0851. The van der Waals surface area contributed by atoms with Crippen LogP contribution in [0.2, 0.25) is 5.02 Å². The molecule has 2 rings (SSSR count). The lowest BCUT2D eigenvalue weighted by Crippen LogP contribution is -2.04. The Balaban J connectivity index is 2.39. The van der Waals surface area contributed by atoms with E-state index in [9.17, 15) is 4.79 Å². The Morgan fingerprint density at radius 3 is 2.68 bits per heavy atom. The molecule has 1 aromatic carbocycles. The van der Waals surface area contributed by atoms with Crippen LogP contribution in [0.1, 0.15) is 46.6 Å². The van der Waals surface area contributed by atoms with Gasteiger partial charge in [0.25, 0.3) is 0 Å². The van der Waals surface area contributed by atoms with Gasteiger partial charge in [-0.15, -0.1) is 11.3 Å². The monoisotopic (exact) mass is 292 g/mol. The highest BCUT2D eigenvalue weighted by Gasteiger charge is 2.15. The molecule has 0 saturated carbocycles. The SMILES string of the molecule is CCCc1ccc(Cl)cc1C(=O)c1csc(CC)c1. The van der Waals surface area contributed by atoms with E-state index in [0.717, 1.165) is 36.0 Å². The first-order valence-corrected chi connectivity index (χ1v) is 7.82. The van der Waals surface area contributed by atoms with Crippen LogP contribution in [-0.2, 0) is 12.8 Å². The summed E-state index contributed by atoms with van der Waals surface area (Å²) in [5.41, 5.74) is 2.61. The second kappa shape index (κ2) is 6.36. The van der Waals surface area contributed by atoms with Crippen LogP contribution in [-0.4, -0.2) is 5.78 Å². The number of benzene rings is 1. The van der Waals surface area contributed by atoms with Gasteiger partial charge in [-0.05, 0) is 36.6 Å². The van der Waals surface area contributed by atoms with E-state index in [1.54, 1.807) is 17.4 Å². The maximum Gasteiger partial charge on any atom is 0.194 e. The second-order valence-corrected chi connectivity index (χ2v) is 5.97. The number of hydrogen-bond acceptors (Lipinski definition) is 2. The third-order valence-corrected chi connectivity index (χ3v) is 4.42. The highest BCUT2D eigenvalue weighted by Crippen LogP contribution is 2.23. The van der Waals surface area contributed by atoms with Gasteiger partial charge >= 0.3 is 0 Å².